The average molecular weight is 420 g/mol. The minimum absolute atomic E-state index is 0.133. The molecule has 1 atom stereocenters. The second-order valence-electron chi connectivity index (χ2n) is 8.71. The first-order chi connectivity index (χ1) is 15.0. The predicted molar refractivity (Wildman–Crippen MR) is 121 cm³/mol. The van der Waals surface area contributed by atoms with E-state index >= 15 is 0 Å². The largest absolute Gasteiger partial charge is 0.454 e. The number of aromatic amines is 1. The molecular weight excluding hydrogens is 390 g/mol. The number of carbonyl (C=O) groups is 1. The maximum Gasteiger partial charge on any atom is 0.231 e. The molecule has 2 aliphatic heterocycles. The van der Waals surface area contributed by atoms with E-state index in [-0.39, 0.29) is 11.8 Å². The summed E-state index contributed by atoms with van der Waals surface area (Å²) in [5.41, 5.74) is 5.26. The topological polar surface area (TPSA) is 57.8 Å². The van der Waals surface area contributed by atoms with Gasteiger partial charge in [-0.25, -0.2) is 0 Å². The summed E-state index contributed by atoms with van der Waals surface area (Å²) in [4.78, 5) is 21.5. The van der Waals surface area contributed by atoms with Gasteiger partial charge in [0.05, 0.1) is 6.04 Å². The van der Waals surface area contributed by atoms with Crippen LogP contribution in [0.1, 0.15) is 34.1 Å². The number of nitrogens with one attached hydrogen (secondary N) is 1. The lowest BCUT2D eigenvalue weighted by Gasteiger charge is -2.37. The molecule has 6 heteroatoms. The van der Waals surface area contributed by atoms with Gasteiger partial charge >= 0.3 is 0 Å². The molecule has 1 unspecified atom stereocenters. The Morgan fingerprint density at radius 1 is 1.03 bits per heavy atom. The molecule has 0 saturated carbocycles. The molecule has 0 spiro atoms. The number of Topliss-reactive ketones (excluding diaryl/α,β-unsaturated/α-hetero) is 1. The van der Waals surface area contributed by atoms with Crippen molar-refractivity contribution in [3.05, 3.63) is 58.8 Å². The fourth-order valence-electron chi connectivity index (χ4n) is 4.74. The van der Waals surface area contributed by atoms with Crippen molar-refractivity contribution in [2.24, 2.45) is 0 Å². The first-order valence-corrected chi connectivity index (χ1v) is 11.0. The molecule has 1 saturated heterocycles. The van der Waals surface area contributed by atoms with Crippen LogP contribution in [0.4, 0.5) is 0 Å². The third-order valence-electron chi connectivity index (χ3n) is 6.57. The molecule has 162 valence electrons. The van der Waals surface area contributed by atoms with Gasteiger partial charge in [0, 0.05) is 54.9 Å². The second-order valence-corrected chi connectivity index (χ2v) is 8.71. The van der Waals surface area contributed by atoms with E-state index in [0.29, 0.717) is 6.79 Å². The molecule has 1 aromatic heterocycles. The number of hydrogen-bond acceptors (Lipinski definition) is 5. The van der Waals surface area contributed by atoms with Crippen LogP contribution in [0.3, 0.4) is 0 Å². The normalized spacial score (nSPS) is 17.9. The third-order valence-corrected chi connectivity index (χ3v) is 6.57. The molecule has 5 rings (SSSR count). The summed E-state index contributed by atoms with van der Waals surface area (Å²) >= 11 is 0. The molecule has 1 fully saturated rings. The van der Waals surface area contributed by atoms with Crippen molar-refractivity contribution in [2.75, 3.05) is 33.0 Å². The maximum atomic E-state index is 13.4. The van der Waals surface area contributed by atoms with Gasteiger partial charge in [0.15, 0.2) is 17.3 Å². The number of benzene rings is 2. The number of hydrogen-bond donors (Lipinski definition) is 1. The van der Waals surface area contributed by atoms with Crippen LogP contribution in [-0.4, -0.2) is 59.6 Å². The molecule has 3 aromatic rings. The van der Waals surface area contributed by atoms with Crippen LogP contribution >= 0.6 is 0 Å². The van der Waals surface area contributed by atoms with Gasteiger partial charge in [0.2, 0.25) is 6.79 Å². The summed E-state index contributed by atoms with van der Waals surface area (Å²) < 4.78 is 10.9. The zero-order valence-electron chi connectivity index (χ0n) is 18.4. The number of carbonyl (C=O) groups excluding carboxylic acids is 1. The number of aromatic nitrogens is 1. The number of aryl methyl sites for hydroxylation is 2. The van der Waals surface area contributed by atoms with Crippen molar-refractivity contribution in [3.8, 4) is 11.5 Å². The highest BCUT2D eigenvalue weighted by Gasteiger charge is 2.29. The monoisotopic (exact) mass is 419 g/mol. The fourth-order valence-corrected chi connectivity index (χ4v) is 4.74. The Kier molecular flexibility index (Phi) is 5.20. The standard InChI is InChI=1S/C25H29N3O3/c1-16-4-6-20-21(12-16)26-17(2)24(20)25(29)18(3)28-10-8-27(9-11-28)14-19-5-7-22-23(13-19)31-15-30-22/h4-7,12-13,18,26H,8-11,14-15H2,1-3H3. The minimum Gasteiger partial charge on any atom is -0.454 e. The van der Waals surface area contributed by atoms with Gasteiger partial charge in [-0.2, -0.15) is 0 Å². The highest BCUT2D eigenvalue weighted by atomic mass is 16.7. The Morgan fingerprint density at radius 3 is 2.61 bits per heavy atom. The number of rotatable bonds is 5. The molecule has 2 aromatic carbocycles. The summed E-state index contributed by atoms with van der Waals surface area (Å²) in [5.74, 6) is 1.86. The van der Waals surface area contributed by atoms with Crippen LogP contribution in [-0.2, 0) is 6.54 Å². The van der Waals surface area contributed by atoms with E-state index in [1.807, 2.05) is 19.9 Å². The van der Waals surface area contributed by atoms with Crippen molar-refractivity contribution < 1.29 is 14.3 Å². The Bertz CT molecular complexity index is 1130. The van der Waals surface area contributed by atoms with Crippen molar-refractivity contribution >= 4 is 16.7 Å². The highest BCUT2D eigenvalue weighted by molar-refractivity contribution is 6.11. The van der Waals surface area contributed by atoms with Crippen LogP contribution < -0.4 is 9.47 Å². The van der Waals surface area contributed by atoms with E-state index in [1.165, 1.54) is 11.1 Å². The Labute approximate surface area is 182 Å². The Morgan fingerprint density at radius 2 is 1.81 bits per heavy atom. The average Bonchev–Trinajstić information content (AvgIpc) is 3.35. The Balaban J connectivity index is 1.23. The van der Waals surface area contributed by atoms with Gasteiger partial charge in [-0.05, 0) is 50.1 Å². The second kappa shape index (κ2) is 8.02. The SMILES string of the molecule is Cc1ccc2c(C(=O)C(C)N3CCN(Cc4ccc5c(c4)OCO5)CC3)c(C)[nH]c2c1. The van der Waals surface area contributed by atoms with E-state index in [1.54, 1.807) is 0 Å². The summed E-state index contributed by atoms with van der Waals surface area (Å²) in [6.07, 6.45) is 0. The van der Waals surface area contributed by atoms with Crippen molar-refractivity contribution in [3.63, 3.8) is 0 Å². The van der Waals surface area contributed by atoms with Crippen LogP contribution in [0, 0.1) is 13.8 Å². The lowest BCUT2D eigenvalue weighted by Crippen LogP contribution is -2.51. The molecule has 31 heavy (non-hydrogen) atoms. The summed E-state index contributed by atoms with van der Waals surface area (Å²) in [6, 6.07) is 12.3. The van der Waals surface area contributed by atoms with E-state index < -0.39 is 0 Å². The molecule has 0 bridgehead atoms. The summed E-state index contributed by atoms with van der Waals surface area (Å²) in [5, 5.41) is 1.03. The number of H-pyrrole nitrogens is 1. The van der Waals surface area contributed by atoms with Crippen LogP contribution in [0.2, 0.25) is 0 Å². The van der Waals surface area contributed by atoms with Crippen LogP contribution in [0.5, 0.6) is 11.5 Å². The van der Waals surface area contributed by atoms with Gasteiger partial charge < -0.3 is 14.5 Å². The molecule has 6 nitrogen and oxygen atoms in total. The smallest absolute Gasteiger partial charge is 0.231 e. The van der Waals surface area contributed by atoms with Crippen LogP contribution in [0.15, 0.2) is 36.4 Å². The lowest BCUT2D eigenvalue weighted by molar-refractivity contribution is 0.0688. The zero-order valence-corrected chi connectivity index (χ0v) is 18.4. The Hall–Kier alpha value is -2.83. The number of ether oxygens (including phenoxy) is 2. The van der Waals surface area contributed by atoms with Gasteiger partial charge in [-0.1, -0.05) is 18.2 Å². The first-order valence-electron chi connectivity index (χ1n) is 11.0. The summed E-state index contributed by atoms with van der Waals surface area (Å²) in [7, 11) is 0. The molecule has 3 heterocycles. The van der Waals surface area contributed by atoms with Gasteiger partial charge in [0.1, 0.15) is 0 Å². The highest BCUT2D eigenvalue weighted by Crippen LogP contribution is 2.33. The van der Waals surface area contributed by atoms with E-state index in [2.05, 4.69) is 52.0 Å². The quantitative estimate of drug-likeness (QED) is 0.636. The molecule has 2 aliphatic rings. The third kappa shape index (κ3) is 3.82. The van der Waals surface area contributed by atoms with Crippen molar-refractivity contribution in [2.45, 2.75) is 33.4 Å². The predicted octanol–water partition coefficient (Wildman–Crippen LogP) is 3.90. The number of piperazine rings is 1. The summed E-state index contributed by atoms with van der Waals surface area (Å²) in [6.45, 7) is 11.0. The van der Waals surface area contributed by atoms with E-state index in [4.69, 9.17) is 9.47 Å². The maximum absolute atomic E-state index is 13.4. The molecular formula is C25H29N3O3. The van der Waals surface area contributed by atoms with Gasteiger partial charge in [-0.15, -0.1) is 0 Å². The molecule has 0 aliphatic carbocycles. The lowest BCUT2D eigenvalue weighted by atomic mass is 9.99. The number of nitrogens with zero attached hydrogens (tertiary/aromatic N) is 2. The molecule has 0 radical (unpaired) electrons. The fraction of sp³-hybridized carbons (Fsp3) is 0.400. The zero-order chi connectivity index (χ0) is 21.5. The molecule has 0 amide bonds. The molecule has 1 N–H and O–H groups in total. The van der Waals surface area contributed by atoms with Crippen LogP contribution in [0.25, 0.3) is 10.9 Å². The van der Waals surface area contributed by atoms with E-state index in [9.17, 15) is 4.79 Å². The van der Waals surface area contributed by atoms with E-state index in [0.717, 1.165) is 66.4 Å². The van der Waals surface area contributed by atoms with Crippen molar-refractivity contribution in [1.29, 1.82) is 0 Å². The van der Waals surface area contributed by atoms with Gasteiger partial charge in [0.25, 0.3) is 0 Å². The van der Waals surface area contributed by atoms with Gasteiger partial charge in [-0.3, -0.25) is 14.6 Å². The number of ketones is 1. The minimum atomic E-state index is -0.133. The first kappa shape index (κ1) is 20.1. The van der Waals surface area contributed by atoms with Crippen molar-refractivity contribution in [1.82, 2.24) is 14.8 Å². The number of fused-ring (bicyclic) bond motifs is 2.